The molecule has 2 heterocycles. The predicted molar refractivity (Wildman–Crippen MR) is 51.2 cm³/mol. The number of fused-ring (bicyclic) bond motifs is 1. The molecule has 0 spiro atoms. The van der Waals surface area contributed by atoms with Crippen LogP contribution in [0.25, 0.3) is 0 Å². The van der Waals surface area contributed by atoms with Crippen molar-refractivity contribution in [3.63, 3.8) is 0 Å². The molecule has 13 heavy (non-hydrogen) atoms. The highest BCUT2D eigenvalue weighted by Gasteiger charge is 2.13. The predicted octanol–water partition coefficient (Wildman–Crippen LogP) is 1.39. The number of rotatable bonds is 1. The van der Waals surface area contributed by atoms with Crippen molar-refractivity contribution in [3.05, 3.63) is 22.3 Å². The standard InChI is InChI=1S/C9H11ClN2O/c1-13-9-7(10)4-6-5-11-3-2-8(6)12-9/h4,11H,2-3,5H2,1H3. The Labute approximate surface area is 82.1 Å². The smallest absolute Gasteiger partial charge is 0.232 e. The maximum absolute atomic E-state index is 5.95. The number of ether oxygens (including phenoxy) is 1. The Morgan fingerprint density at radius 2 is 2.46 bits per heavy atom. The van der Waals surface area contributed by atoms with Gasteiger partial charge < -0.3 is 10.1 Å². The van der Waals surface area contributed by atoms with Gasteiger partial charge in [-0.25, -0.2) is 4.98 Å². The first kappa shape index (κ1) is 8.78. The number of hydrogen-bond donors (Lipinski definition) is 1. The van der Waals surface area contributed by atoms with Gasteiger partial charge in [0, 0.05) is 19.5 Å². The number of methoxy groups -OCH3 is 1. The van der Waals surface area contributed by atoms with Gasteiger partial charge in [-0.15, -0.1) is 0 Å². The van der Waals surface area contributed by atoms with Gasteiger partial charge in [0.15, 0.2) is 0 Å². The number of hydrogen-bond acceptors (Lipinski definition) is 3. The average Bonchev–Trinajstić information content (AvgIpc) is 2.17. The fourth-order valence-corrected chi connectivity index (χ4v) is 1.74. The molecule has 1 aromatic heterocycles. The van der Waals surface area contributed by atoms with Gasteiger partial charge in [-0.1, -0.05) is 11.6 Å². The van der Waals surface area contributed by atoms with E-state index in [-0.39, 0.29) is 0 Å². The fourth-order valence-electron chi connectivity index (χ4n) is 1.49. The van der Waals surface area contributed by atoms with Gasteiger partial charge in [0.25, 0.3) is 0 Å². The average molecular weight is 199 g/mol. The molecule has 1 aromatic rings. The number of nitrogens with zero attached hydrogens (tertiary/aromatic N) is 1. The van der Waals surface area contributed by atoms with Crippen LogP contribution in [0.4, 0.5) is 0 Å². The minimum atomic E-state index is 0.530. The molecule has 0 unspecified atom stereocenters. The van der Waals surface area contributed by atoms with Gasteiger partial charge in [0.05, 0.1) is 12.8 Å². The summed E-state index contributed by atoms with van der Waals surface area (Å²) in [6.07, 6.45) is 0.947. The molecular weight excluding hydrogens is 188 g/mol. The Morgan fingerprint density at radius 1 is 1.62 bits per heavy atom. The molecule has 70 valence electrons. The van der Waals surface area contributed by atoms with E-state index < -0.39 is 0 Å². The summed E-state index contributed by atoms with van der Waals surface area (Å²) in [5.74, 6) is 0.530. The maximum atomic E-state index is 5.95. The zero-order valence-electron chi connectivity index (χ0n) is 7.43. The van der Waals surface area contributed by atoms with E-state index in [4.69, 9.17) is 16.3 Å². The molecule has 1 N–H and O–H groups in total. The van der Waals surface area contributed by atoms with Crippen molar-refractivity contribution in [3.8, 4) is 5.88 Å². The summed E-state index contributed by atoms with van der Waals surface area (Å²) in [5, 5.41) is 3.85. The Bertz CT molecular complexity index is 328. The normalized spacial score (nSPS) is 15.2. The minimum Gasteiger partial charge on any atom is -0.480 e. The summed E-state index contributed by atoms with van der Waals surface area (Å²) in [6, 6.07) is 1.93. The third-order valence-electron chi connectivity index (χ3n) is 2.16. The molecule has 3 nitrogen and oxygen atoms in total. The van der Waals surface area contributed by atoms with E-state index in [1.54, 1.807) is 7.11 Å². The Hall–Kier alpha value is -0.800. The van der Waals surface area contributed by atoms with Crippen LogP contribution in [0.2, 0.25) is 5.02 Å². The van der Waals surface area contributed by atoms with Crippen LogP contribution in [0.5, 0.6) is 5.88 Å². The summed E-state index contributed by atoms with van der Waals surface area (Å²) in [4.78, 5) is 4.34. The Balaban J connectivity index is 2.44. The largest absolute Gasteiger partial charge is 0.480 e. The molecule has 0 amide bonds. The van der Waals surface area contributed by atoms with Crippen LogP contribution >= 0.6 is 11.6 Å². The van der Waals surface area contributed by atoms with Crippen LogP contribution in [0, 0.1) is 0 Å². The molecule has 1 aliphatic rings. The number of pyridine rings is 1. The molecule has 2 rings (SSSR count). The lowest BCUT2D eigenvalue weighted by Crippen LogP contribution is -2.24. The molecule has 0 bridgehead atoms. The summed E-state index contributed by atoms with van der Waals surface area (Å²) >= 11 is 5.95. The van der Waals surface area contributed by atoms with Crippen LogP contribution in [-0.4, -0.2) is 18.6 Å². The van der Waals surface area contributed by atoms with E-state index in [1.807, 2.05) is 6.07 Å². The lowest BCUT2D eigenvalue weighted by atomic mass is 10.1. The van der Waals surface area contributed by atoms with Crippen molar-refractivity contribution in [2.75, 3.05) is 13.7 Å². The molecular formula is C9H11ClN2O. The van der Waals surface area contributed by atoms with E-state index in [9.17, 15) is 0 Å². The van der Waals surface area contributed by atoms with Crippen LogP contribution in [0.15, 0.2) is 6.07 Å². The first-order chi connectivity index (χ1) is 6.31. The molecule has 0 saturated carbocycles. The zero-order chi connectivity index (χ0) is 9.26. The third kappa shape index (κ3) is 1.62. The molecule has 1 aliphatic heterocycles. The second-order valence-electron chi connectivity index (χ2n) is 3.01. The maximum Gasteiger partial charge on any atom is 0.232 e. The second-order valence-corrected chi connectivity index (χ2v) is 3.42. The number of halogens is 1. The van der Waals surface area contributed by atoms with Crippen LogP contribution in [0.3, 0.4) is 0 Å². The van der Waals surface area contributed by atoms with Gasteiger partial charge in [-0.2, -0.15) is 0 Å². The van der Waals surface area contributed by atoms with Crippen molar-refractivity contribution >= 4 is 11.6 Å². The molecule has 0 aliphatic carbocycles. The van der Waals surface area contributed by atoms with Gasteiger partial charge in [0.1, 0.15) is 5.02 Å². The molecule has 0 radical (unpaired) electrons. The van der Waals surface area contributed by atoms with Gasteiger partial charge >= 0.3 is 0 Å². The molecule has 0 fully saturated rings. The third-order valence-corrected chi connectivity index (χ3v) is 2.43. The first-order valence-corrected chi connectivity index (χ1v) is 4.62. The number of nitrogens with one attached hydrogen (secondary N) is 1. The van der Waals surface area contributed by atoms with Crippen LogP contribution in [-0.2, 0) is 13.0 Å². The molecule has 0 saturated heterocycles. The van der Waals surface area contributed by atoms with E-state index >= 15 is 0 Å². The highest BCUT2D eigenvalue weighted by molar-refractivity contribution is 6.31. The molecule has 4 heteroatoms. The lowest BCUT2D eigenvalue weighted by Gasteiger charge is -2.17. The molecule has 0 aromatic carbocycles. The summed E-state index contributed by atoms with van der Waals surface area (Å²) in [7, 11) is 1.59. The van der Waals surface area contributed by atoms with Crippen molar-refractivity contribution < 1.29 is 4.74 Å². The van der Waals surface area contributed by atoms with Crippen LogP contribution in [0.1, 0.15) is 11.3 Å². The minimum absolute atomic E-state index is 0.530. The van der Waals surface area contributed by atoms with Gasteiger partial charge in [-0.05, 0) is 11.6 Å². The van der Waals surface area contributed by atoms with Crippen molar-refractivity contribution in [2.24, 2.45) is 0 Å². The van der Waals surface area contributed by atoms with E-state index in [0.717, 1.165) is 25.2 Å². The van der Waals surface area contributed by atoms with E-state index in [1.165, 1.54) is 5.56 Å². The first-order valence-electron chi connectivity index (χ1n) is 4.24. The topological polar surface area (TPSA) is 34.1 Å². The fraction of sp³-hybridized carbons (Fsp3) is 0.444. The van der Waals surface area contributed by atoms with Gasteiger partial charge in [-0.3, -0.25) is 0 Å². The van der Waals surface area contributed by atoms with Crippen molar-refractivity contribution in [1.29, 1.82) is 0 Å². The van der Waals surface area contributed by atoms with Gasteiger partial charge in [0.2, 0.25) is 5.88 Å². The quantitative estimate of drug-likeness (QED) is 0.741. The second kappa shape index (κ2) is 3.52. The summed E-state index contributed by atoms with van der Waals surface area (Å²) < 4.78 is 5.05. The highest BCUT2D eigenvalue weighted by atomic mass is 35.5. The monoisotopic (exact) mass is 198 g/mol. The summed E-state index contributed by atoms with van der Waals surface area (Å²) in [5.41, 5.74) is 2.28. The SMILES string of the molecule is COc1nc2c(cc1Cl)CNCC2. The lowest BCUT2D eigenvalue weighted by molar-refractivity contribution is 0.395. The van der Waals surface area contributed by atoms with Crippen LogP contribution < -0.4 is 10.1 Å². The Kier molecular flexibility index (Phi) is 2.38. The zero-order valence-corrected chi connectivity index (χ0v) is 8.19. The highest BCUT2D eigenvalue weighted by Crippen LogP contribution is 2.25. The number of aromatic nitrogens is 1. The summed E-state index contributed by atoms with van der Waals surface area (Å²) in [6.45, 7) is 1.83. The van der Waals surface area contributed by atoms with E-state index in [0.29, 0.717) is 10.9 Å². The molecule has 0 atom stereocenters. The van der Waals surface area contributed by atoms with Crippen molar-refractivity contribution in [1.82, 2.24) is 10.3 Å². The van der Waals surface area contributed by atoms with Crippen molar-refractivity contribution in [2.45, 2.75) is 13.0 Å². The van der Waals surface area contributed by atoms with E-state index in [2.05, 4.69) is 10.3 Å². The Morgan fingerprint density at radius 3 is 3.23 bits per heavy atom.